The summed E-state index contributed by atoms with van der Waals surface area (Å²) in [5.41, 5.74) is 5.22. The van der Waals surface area contributed by atoms with E-state index in [9.17, 15) is 14.4 Å². The molecule has 98 valence electrons. The maximum absolute atomic E-state index is 11.3. The Balaban J connectivity index is 4.06. The minimum atomic E-state index is -1.18. The average molecular weight is 246 g/mol. The Morgan fingerprint density at radius 2 is 1.76 bits per heavy atom. The topological polar surface area (TPSA) is 130 Å². The van der Waals surface area contributed by atoms with Gasteiger partial charge in [-0.25, -0.2) is 4.79 Å². The molecule has 0 aliphatic rings. The third kappa shape index (κ3) is 6.52. The Morgan fingerprint density at radius 3 is 2.18 bits per heavy atom. The molecule has 0 aliphatic carbocycles. The highest BCUT2D eigenvalue weighted by Gasteiger charge is 2.20. The Morgan fingerprint density at radius 1 is 1.18 bits per heavy atom. The zero-order valence-corrected chi connectivity index (χ0v) is 9.68. The van der Waals surface area contributed by atoms with Gasteiger partial charge in [0.2, 0.25) is 5.91 Å². The van der Waals surface area contributed by atoms with Gasteiger partial charge in [0.05, 0.1) is 0 Å². The second-order valence-electron chi connectivity index (χ2n) is 3.73. The van der Waals surface area contributed by atoms with Crippen LogP contribution in [0.3, 0.4) is 0 Å². The number of nitrogens with two attached hydrogens (primary N) is 1. The summed E-state index contributed by atoms with van der Waals surface area (Å²) in [6, 6.07) is -2.02. The molecule has 2 unspecified atom stereocenters. The van der Waals surface area contributed by atoms with Crippen molar-refractivity contribution in [2.75, 3.05) is 0 Å². The number of carboxylic acid groups (broad SMARTS) is 2. The van der Waals surface area contributed by atoms with Crippen LogP contribution in [0.2, 0.25) is 0 Å². The minimum Gasteiger partial charge on any atom is -0.480 e. The molecule has 0 bridgehead atoms. The number of nitrogens with one attached hydrogen (secondary N) is 1. The van der Waals surface area contributed by atoms with Gasteiger partial charge >= 0.3 is 11.9 Å². The summed E-state index contributed by atoms with van der Waals surface area (Å²) in [7, 11) is 0. The van der Waals surface area contributed by atoms with Crippen LogP contribution in [0.4, 0.5) is 0 Å². The van der Waals surface area contributed by atoms with E-state index >= 15 is 0 Å². The first-order valence-corrected chi connectivity index (χ1v) is 5.39. The van der Waals surface area contributed by atoms with Crippen molar-refractivity contribution in [3.8, 4) is 0 Å². The maximum atomic E-state index is 11.3. The van der Waals surface area contributed by atoms with E-state index in [0.717, 1.165) is 0 Å². The van der Waals surface area contributed by atoms with Crippen molar-refractivity contribution in [1.82, 2.24) is 5.32 Å². The smallest absolute Gasteiger partial charge is 0.326 e. The predicted octanol–water partition coefficient (Wildman–Crippen LogP) is -0.452. The lowest BCUT2D eigenvalue weighted by atomic mass is 10.1. The highest BCUT2D eigenvalue weighted by molar-refractivity contribution is 5.84. The number of carbonyl (C=O) groups excluding carboxylic acids is 1. The summed E-state index contributed by atoms with van der Waals surface area (Å²) < 4.78 is 0. The highest BCUT2D eigenvalue weighted by atomic mass is 16.4. The number of rotatable bonds is 8. The first kappa shape index (κ1) is 15.4. The number of hydrogen-bond donors (Lipinski definition) is 4. The summed E-state index contributed by atoms with van der Waals surface area (Å²) in [6.45, 7) is 1.81. The zero-order chi connectivity index (χ0) is 13.4. The molecule has 7 nitrogen and oxygen atoms in total. The van der Waals surface area contributed by atoms with Crippen molar-refractivity contribution in [1.29, 1.82) is 0 Å². The van der Waals surface area contributed by atoms with Crippen molar-refractivity contribution in [3.05, 3.63) is 0 Å². The Kier molecular flexibility index (Phi) is 6.88. The van der Waals surface area contributed by atoms with Crippen LogP contribution < -0.4 is 11.1 Å². The summed E-state index contributed by atoms with van der Waals surface area (Å²) in [5, 5.41) is 19.6. The van der Waals surface area contributed by atoms with Gasteiger partial charge < -0.3 is 21.3 Å². The summed E-state index contributed by atoms with van der Waals surface area (Å²) >= 11 is 0. The fourth-order valence-corrected chi connectivity index (χ4v) is 1.22. The summed E-state index contributed by atoms with van der Waals surface area (Å²) in [4.78, 5) is 32.5. The van der Waals surface area contributed by atoms with Crippen molar-refractivity contribution in [2.45, 2.75) is 44.7 Å². The van der Waals surface area contributed by atoms with Gasteiger partial charge in [0, 0.05) is 6.42 Å². The molecule has 0 heterocycles. The normalized spacial score (nSPS) is 13.8. The van der Waals surface area contributed by atoms with E-state index < -0.39 is 29.9 Å². The molecule has 0 saturated carbocycles. The molecule has 5 N–H and O–H groups in total. The molecule has 0 spiro atoms. The monoisotopic (exact) mass is 246 g/mol. The molecule has 2 atom stereocenters. The van der Waals surface area contributed by atoms with Crippen LogP contribution in [-0.2, 0) is 14.4 Å². The van der Waals surface area contributed by atoms with Crippen molar-refractivity contribution >= 4 is 17.8 Å². The van der Waals surface area contributed by atoms with Gasteiger partial charge in [0.15, 0.2) is 0 Å². The molecule has 0 rings (SSSR count). The van der Waals surface area contributed by atoms with E-state index in [2.05, 4.69) is 5.32 Å². The standard InChI is InChI=1S/C10H18N2O5/c1-2-3-7(10(16)17)12-8(13)5-4-6(11)9(14)15/h6-7H,2-5,11H2,1H3,(H,12,13)(H,14,15)(H,16,17). The number of amides is 1. The van der Waals surface area contributed by atoms with Gasteiger partial charge in [0.25, 0.3) is 0 Å². The number of carboxylic acids is 2. The van der Waals surface area contributed by atoms with E-state index in [1.807, 2.05) is 6.92 Å². The number of hydrogen-bond acceptors (Lipinski definition) is 4. The van der Waals surface area contributed by atoms with E-state index in [0.29, 0.717) is 12.8 Å². The van der Waals surface area contributed by atoms with Gasteiger partial charge in [-0.15, -0.1) is 0 Å². The molecule has 0 aromatic carbocycles. The van der Waals surface area contributed by atoms with Gasteiger partial charge in [-0.3, -0.25) is 9.59 Å². The third-order valence-electron chi connectivity index (χ3n) is 2.21. The molecule has 1 amide bonds. The maximum Gasteiger partial charge on any atom is 0.326 e. The van der Waals surface area contributed by atoms with E-state index in [-0.39, 0.29) is 12.8 Å². The SMILES string of the molecule is CCCC(NC(=O)CCC(N)C(=O)O)C(=O)O. The van der Waals surface area contributed by atoms with E-state index in [1.165, 1.54) is 0 Å². The van der Waals surface area contributed by atoms with Crippen LogP contribution >= 0.6 is 0 Å². The molecule has 0 aromatic heterocycles. The van der Waals surface area contributed by atoms with Crippen LogP contribution in [0, 0.1) is 0 Å². The lowest BCUT2D eigenvalue weighted by Crippen LogP contribution is -2.41. The Labute approximate surface area is 99.0 Å². The summed E-state index contributed by atoms with van der Waals surface area (Å²) in [5.74, 6) is -2.77. The van der Waals surface area contributed by atoms with Crippen molar-refractivity contribution < 1.29 is 24.6 Å². The van der Waals surface area contributed by atoms with Gasteiger partial charge in [-0.05, 0) is 12.8 Å². The minimum absolute atomic E-state index is 0.0143. The molecule has 0 aromatic rings. The van der Waals surface area contributed by atoms with Gasteiger partial charge in [0.1, 0.15) is 12.1 Å². The predicted molar refractivity (Wildman–Crippen MR) is 59.3 cm³/mol. The van der Waals surface area contributed by atoms with Gasteiger partial charge in [-0.2, -0.15) is 0 Å². The molecule has 0 saturated heterocycles. The molecule has 0 fully saturated rings. The zero-order valence-electron chi connectivity index (χ0n) is 9.68. The second-order valence-corrected chi connectivity index (χ2v) is 3.73. The third-order valence-corrected chi connectivity index (χ3v) is 2.21. The molecule has 0 aliphatic heterocycles. The Hall–Kier alpha value is -1.63. The molecular weight excluding hydrogens is 228 g/mol. The average Bonchev–Trinajstić information content (AvgIpc) is 2.24. The van der Waals surface area contributed by atoms with Crippen molar-refractivity contribution in [2.24, 2.45) is 5.73 Å². The molecular formula is C10H18N2O5. The Bertz CT molecular complexity index is 292. The fraction of sp³-hybridized carbons (Fsp3) is 0.700. The fourth-order valence-electron chi connectivity index (χ4n) is 1.22. The summed E-state index contributed by atoms with van der Waals surface area (Å²) in [6.07, 6.45) is 0.860. The highest BCUT2D eigenvalue weighted by Crippen LogP contribution is 2.00. The second kappa shape index (κ2) is 7.61. The molecule has 0 radical (unpaired) electrons. The number of aliphatic carboxylic acids is 2. The van der Waals surface area contributed by atoms with Crippen LogP contribution in [0.15, 0.2) is 0 Å². The lowest BCUT2D eigenvalue weighted by molar-refractivity contribution is -0.142. The molecule has 17 heavy (non-hydrogen) atoms. The van der Waals surface area contributed by atoms with Gasteiger partial charge in [-0.1, -0.05) is 13.3 Å². The lowest BCUT2D eigenvalue weighted by Gasteiger charge is -2.13. The van der Waals surface area contributed by atoms with Crippen molar-refractivity contribution in [3.63, 3.8) is 0 Å². The van der Waals surface area contributed by atoms with Crippen LogP contribution in [0.5, 0.6) is 0 Å². The number of carbonyl (C=O) groups is 3. The van der Waals surface area contributed by atoms with E-state index in [1.54, 1.807) is 0 Å². The van der Waals surface area contributed by atoms with Crippen LogP contribution in [-0.4, -0.2) is 40.1 Å². The quantitative estimate of drug-likeness (QED) is 0.459. The van der Waals surface area contributed by atoms with Crippen LogP contribution in [0.1, 0.15) is 32.6 Å². The van der Waals surface area contributed by atoms with Crippen LogP contribution in [0.25, 0.3) is 0 Å². The first-order chi connectivity index (χ1) is 7.88. The first-order valence-electron chi connectivity index (χ1n) is 5.39. The largest absolute Gasteiger partial charge is 0.480 e. The van der Waals surface area contributed by atoms with E-state index in [4.69, 9.17) is 15.9 Å². The molecule has 7 heteroatoms.